The molecule has 0 spiro atoms. The van der Waals surface area contributed by atoms with Crippen molar-refractivity contribution in [3.05, 3.63) is 54.2 Å². The first-order valence-corrected chi connectivity index (χ1v) is 6.04. The molecule has 106 valence electrons. The highest BCUT2D eigenvalue weighted by Gasteiger charge is 2.15. The van der Waals surface area contributed by atoms with Gasteiger partial charge in [0, 0.05) is 24.0 Å². The second-order valence-corrected chi connectivity index (χ2v) is 4.18. The van der Waals surface area contributed by atoms with E-state index in [1.54, 1.807) is 30.6 Å². The molecule has 1 aromatic carbocycles. The van der Waals surface area contributed by atoms with Gasteiger partial charge < -0.3 is 9.26 Å². The number of benzene rings is 1. The van der Waals surface area contributed by atoms with Gasteiger partial charge in [-0.1, -0.05) is 5.16 Å². The Labute approximate surface area is 118 Å². The number of carbonyl (C=O) groups is 1. The number of hydrogen-bond acceptors (Lipinski definition) is 5. The van der Waals surface area contributed by atoms with Crippen molar-refractivity contribution in [1.82, 2.24) is 14.9 Å². The highest BCUT2D eigenvalue weighted by molar-refractivity contribution is 5.88. The number of esters is 1. The fraction of sp³-hybridized carbons (Fsp3) is 0.0714. The van der Waals surface area contributed by atoms with Crippen molar-refractivity contribution in [2.45, 2.75) is 0 Å². The molecule has 7 heteroatoms. The van der Waals surface area contributed by atoms with Crippen molar-refractivity contribution in [2.24, 2.45) is 0 Å². The maximum absolute atomic E-state index is 14.1. The zero-order chi connectivity index (χ0) is 14.8. The van der Waals surface area contributed by atoms with E-state index in [0.29, 0.717) is 11.3 Å². The number of aromatic nitrogens is 3. The molecule has 21 heavy (non-hydrogen) atoms. The molecule has 0 N–H and O–H groups in total. The van der Waals surface area contributed by atoms with E-state index in [9.17, 15) is 9.18 Å². The molecule has 0 fully saturated rings. The molecule has 0 saturated heterocycles. The minimum atomic E-state index is -0.612. The Balaban J connectivity index is 1.95. The van der Waals surface area contributed by atoms with Gasteiger partial charge in [0.15, 0.2) is 11.5 Å². The van der Waals surface area contributed by atoms with Crippen LogP contribution in [0.5, 0.6) is 0 Å². The second-order valence-electron chi connectivity index (χ2n) is 4.18. The molecule has 0 aliphatic heterocycles. The number of carbonyl (C=O) groups excluding carboxylic acids is 1. The summed E-state index contributed by atoms with van der Waals surface area (Å²) in [6.07, 6.45) is 3.20. The number of hydrogen-bond donors (Lipinski definition) is 0. The Morgan fingerprint density at radius 2 is 2.24 bits per heavy atom. The maximum Gasteiger partial charge on any atom is 0.360 e. The molecule has 0 amide bonds. The van der Waals surface area contributed by atoms with Gasteiger partial charge in [-0.2, -0.15) is 5.10 Å². The summed E-state index contributed by atoms with van der Waals surface area (Å²) < 4.78 is 25.1. The molecule has 0 aliphatic rings. The average molecular weight is 287 g/mol. The summed E-state index contributed by atoms with van der Waals surface area (Å²) in [6, 6.07) is 7.61. The Kier molecular flexibility index (Phi) is 3.23. The number of rotatable bonds is 3. The van der Waals surface area contributed by atoms with Crippen molar-refractivity contribution in [2.75, 3.05) is 7.11 Å². The number of nitrogens with zero attached hydrogens (tertiary/aromatic N) is 3. The average Bonchev–Trinajstić information content (AvgIpc) is 3.17. The van der Waals surface area contributed by atoms with Crippen LogP contribution in [0, 0.1) is 5.82 Å². The van der Waals surface area contributed by atoms with Crippen LogP contribution in [0.1, 0.15) is 10.5 Å². The molecule has 0 radical (unpaired) electrons. The molecule has 6 nitrogen and oxygen atoms in total. The van der Waals surface area contributed by atoms with Crippen LogP contribution < -0.4 is 0 Å². The lowest BCUT2D eigenvalue weighted by atomic mass is 10.1. The van der Waals surface area contributed by atoms with Crippen LogP contribution in [-0.4, -0.2) is 28.0 Å². The van der Waals surface area contributed by atoms with E-state index in [2.05, 4.69) is 15.0 Å². The highest BCUT2D eigenvalue weighted by atomic mass is 19.1. The Morgan fingerprint density at radius 3 is 2.90 bits per heavy atom. The predicted octanol–water partition coefficient (Wildman–Crippen LogP) is 2.45. The third-order valence-electron chi connectivity index (χ3n) is 2.89. The normalized spacial score (nSPS) is 10.6. The largest absolute Gasteiger partial charge is 0.464 e. The van der Waals surface area contributed by atoms with Gasteiger partial charge in [-0.15, -0.1) is 0 Å². The van der Waals surface area contributed by atoms with Gasteiger partial charge in [-0.3, -0.25) is 0 Å². The zero-order valence-corrected chi connectivity index (χ0v) is 11.0. The van der Waals surface area contributed by atoms with Gasteiger partial charge in [0.25, 0.3) is 0 Å². The second kappa shape index (κ2) is 5.20. The topological polar surface area (TPSA) is 70.2 Å². The Bertz CT molecular complexity index is 781. The van der Waals surface area contributed by atoms with Crippen molar-refractivity contribution in [1.29, 1.82) is 0 Å². The first kappa shape index (κ1) is 13.0. The summed E-state index contributed by atoms with van der Waals surface area (Å²) in [6.45, 7) is 0. The molecular weight excluding hydrogens is 277 g/mol. The molecule has 0 unspecified atom stereocenters. The number of ether oxygens (including phenoxy) is 1. The van der Waals surface area contributed by atoms with Crippen LogP contribution in [0.4, 0.5) is 4.39 Å². The van der Waals surface area contributed by atoms with E-state index in [1.807, 2.05) is 0 Å². The van der Waals surface area contributed by atoms with Crippen LogP contribution in [0.2, 0.25) is 0 Å². The van der Waals surface area contributed by atoms with Gasteiger partial charge in [-0.25, -0.2) is 13.9 Å². The summed E-state index contributed by atoms with van der Waals surface area (Å²) in [5, 5.41) is 7.54. The van der Waals surface area contributed by atoms with Crippen LogP contribution in [0.25, 0.3) is 17.0 Å². The van der Waals surface area contributed by atoms with Gasteiger partial charge >= 0.3 is 5.97 Å². The summed E-state index contributed by atoms with van der Waals surface area (Å²) in [5.41, 5.74) is 0.812. The predicted molar refractivity (Wildman–Crippen MR) is 70.4 cm³/mol. The fourth-order valence-corrected chi connectivity index (χ4v) is 1.87. The zero-order valence-electron chi connectivity index (χ0n) is 11.0. The molecule has 3 rings (SSSR count). The van der Waals surface area contributed by atoms with Crippen molar-refractivity contribution < 1.29 is 18.4 Å². The minimum absolute atomic E-state index is 0.0315. The van der Waals surface area contributed by atoms with Crippen molar-refractivity contribution >= 4 is 5.97 Å². The quantitative estimate of drug-likeness (QED) is 0.692. The molecule has 2 heterocycles. The summed E-state index contributed by atoms with van der Waals surface area (Å²) >= 11 is 0. The maximum atomic E-state index is 14.1. The smallest absolute Gasteiger partial charge is 0.360 e. The van der Waals surface area contributed by atoms with Gasteiger partial charge in [0.05, 0.1) is 7.11 Å². The third kappa shape index (κ3) is 2.40. The van der Waals surface area contributed by atoms with Crippen LogP contribution in [-0.2, 0) is 4.74 Å². The van der Waals surface area contributed by atoms with Crippen molar-refractivity contribution in [3.8, 4) is 17.0 Å². The SMILES string of the molecule is COC(=O)c1cc(-c2ccc(-n3cccn3)c(F)c2)on1. The van der Waals surface area contributed by atoms with Crippen LogP contribution >= 0.6 is 0 Å². The van der Waals surface area contributed by atoms with E-state index in [-0.39, 0.29) is 11.5 Å². The van der Waals surface area contributed by atoms with E-state index < -0.39 is 11.8 Å². The molecule has 2 aromatic heterocycles. The van der Waals surface area contributed by atoms with Gasteiger partial charge in [0.2, 0.25) is 0 Å². The number of halogens is 1. The van der Waals surface area contributed by atoms with E-state index in [4.69, 9.17) is 4.52 Å². The lowest BCUT2D eigenvalue weighted by Gasteiger charge is -2.04. The fourth-order valence-electron chi connectivity index (χ4n) is 1.87. The summed E-state index contributed by atoms with van der Waals surface area (Å²) in [7, 11) is 1.25. The van der Waals surface area contributed by atoms with Crippen molar-refractivity contribution in [3.63, 3.8) is 0 Å². The summed E-state index contributed by atoms with van der Waals surface area (Å²) in [4.78, 5) is 11.3. The highest BCUT2D eigenvalue weighted by Crippen LogP contribution is 2.24. The Morgan fingerprint density at radius 1 is 1.38 bits per heavy atom. The first-order valence-electron chi connectivity index (χ1n) is 6.04. The number of methoxy groups -OCH3 is 1. The first-order chi connectivity index (χ1) is 10.2. The lowest BCUT2D eigenvalue weighted by molar-refractivity contribution is 0.0589. The van der Waals surface area contributed by atoms with Crippen LogP contribution in [0.15, 0.2) is 47.2 Å². The Hall–Kier alpha value is -2.96. The monoisotopic (exact) mass is 287 g/mol. The molecule has 3 aromatic rings. The minimum Gasteiger partial charge on any atom is -0.464 e. The van der Waals surface area contributed by atoms with Gasteiger partial charge in [-0.05, 0) is 24.3 Å². The lowest BCUT2D eigenvalue weighted by Crippen LogP contribution is -2.00. The van der Waals surface area contributed by atoms with E-state index in [1.165, 1.54) is 23.9 Å². The molecule has 0 bridgehead atoms. The molecule has 0 atom stereocenters. The van der Waals surface area contributed by atoms with Gasteiger partial charge in [0.1, 0.15) is 11.5 Å². The molecule has 0 saturated carbocycles. The molecule has 0 aliphatic carbocycles. The third-order valence-corrected chi connectivity index (χ3v) is 2.89. The summed E-state index contributed by atoms with van der Waals surface area (Å²) in [5.74, 6) is -0.799. The molecular formula is C14H10FN3O3. The standard InChI is InChI=1S/C14H10FN3O3/c1-20-14(19)11-8-13(21-17-11)9-3-4-12(10(15)7-9)18-6-2-5-16-18/h2-8H,1H3. The van der Waals surface area contributed by atoms with E-state index in [0.717, 1.165) is 0 Å². The van der Waals surface area contributed by atoms with Crippen LogP contribution in [0.3, 0.4) is 0 Å². The van der Waals surface area contributed by atoms with E-state index >= 15 is 0 Å².